The van der Waals surface area contributed by atoms with Gasteiger partial charge in [0, 0.05) is 37.9 Å². The molecule has 1 unspecified atom stereocenters. The number of nitrogens with zero attached hydrogens (tertiary/aromatic N) is 1. The van der Waals surface area contributed by atoms with Gasteiger partial charge in [0.1, 0.15) is 9.84 Å². The molecule has 1 saturated heterocycles. The van der Waals surface area contributed by atoms with Crippen LogP contribution < -0.4 is 5.32 Å². The standard InChI is InChI=1S/C9H18N2O3S2/c1-11(4-6-16(2,13)14)9(12)8-7-15-5-3-10-8/h8,10H,3-7H2,1-2H3. The van der Waals surface area contributed by atoms with Crippen LogP contribution in [0, 0.1) is 0 Å². The summed E-state index contributed by atoms with van der Waals surface area (Å²) in [5.74, 6) is 1.80. The average molecular weight is 266 g/mol. The van der Waals surface area contributed by atoms with Gasteiger partial charge in [0.2, 0.25) is 5.91 Å². The summed E-state index contributed by atoms with van der Waals surface area (Å²) in [4.78, 5) is 13.4. The number of nitrogens with one attached hydrogen (secondary N) is 1. The van der Waals surface area contributed by atoms with Crippen molar-refractivity contribution in [1.82, 2.24) is 10.2 Å². The molecule has 1 heterocycles. The number of carbonyl (C=O) groups is 1. The number of hydrogen-bond acceptors (Lipinski definition) is 5. The Morgan fingerprint density at radius 3 is 2.75 bits per heavy atom. The summed E-state index contributed by atoms with van der Waals surface area (Å²) in [6, 6.07) is -0.164. The predicted molar refractivity (Wildman–Crippen MR) is 66.5 cm³/mol. The minimum Gasteiger partial charge on any atom is -0.343 e. The fourth-order valence-corrected chi connectivity index (χ4v) is 2.93. The summed E-state index contributed by atoms with van der Waals surface area (Å²) >= 11 is 1.74. The van der Waals surface area contributed by atoms with Gasteiger partial charge >= 0.3 is 0 Å². The average Bonchev–Trinajstić information content (AvgIpc) is 2.25. The Kier molecular flexibility index (Phi) is 5.07. The van der Waals surface area contributed by atoms with Crippen LogP contribution >= 0.6 is 11.8 Å². The zero-order valence-electron chi connectivity index (χ0n) is 9.60. The van der Waals surface area contributed by atoms with Crippen molar-refractivity contribution in [3.63, 3.8) is 0 Å². The van der Waals surface area contributed by atoms with E-state index >= 15 is 0 Å². The lowest BCUT2D eigenvalue weighted by molar-refractivity contribution is -0.131. The maximum absolute atomic E-state index is 11.9. The molecule has 7 heteroatoms. The van der Waals surface area contributed by atoms with Gasteiger partial charge in [-0.1, -0.05) is 0 Å². The Hall–Kier alpha value is -0.270. The van der Waals surface area contributed by atoms with Crippen molar-refractivity contribution in [3.05, 3.63) is 0 Å². The van der Waals surface area contributed by atoms with Crippen molar-refractivity contribution in [1.29, 1.82) is 0 Å². The monoisotopic (exact) mass is 266 g/mol. The minimum absolute atomic E-state index is 0.0177. The van der Waals surface area contributed by atoms with Crippen LogP contribution in [0.3, 0.4) is 0 Å². The van der Waals surface area contributed by atoms with Gasteiger partial charge in [-0.3, -0.25) is 4.79 Å². The van der Waals surface area contributed by atoms with E-state index < -0.39 is 9.84 Å². The molecule has 1 amide bonds. The van der Waals surface area contributed by atoms with E-state index in [1.54, 1.807) is 18.8 Å². The highest BCUT2D eigenvalue weighted by molar-refractivity contribution is 7.99. The first-order valence-electron chi connectivity index (χ1n) is 5.14. The Morgan fingerprint density at radius 2 is 2.25 bits per heavy atom. The maximum atomic E-state index is 11.9. The normalized spacial score (nSPS) is 21.8. The lowest BCUT2D eigenvalue weighted by Gasteiger charge is -2.27. The molecule has 1 atom stereocenters. The van der Waals surface area contributed by atoms with E-state index in [9.17, 15) is 13.2 Å². The number of rotatable bonds is 4. The summed E-state index contributed by atoms with van der Waals surface area (Å²) in [5, 5.41) is 3.14. The van der Waals surface area contributed by atoms with E-state index in [1.165, 1.54) is 11.2 Å². The lowest BCUT2D eigenvalue weighted by Crippen LogP contribution is -2.50. The topological polar surface area (TPSA) is 66.5 Å². The second-order valence-electron chi connectivity index (χ2n) is 3.97. The lowest BCUT2D eigenvalue weighted by atomic mass is 10.3. The van der Waals surface area contributed by atoms with Gasteiger partial charge in [0.15, 0.2) is 0 Å². The molecule has 0 aromatic heterocycles. The summed E-state index contributed by atoms with van der Waals surface area (Å²) in [6.07, 6.45) is 1.18. The van der Waals surface area contributed by atoms with Gasteiger partial charge in [0.25, 0.3) is 0 Å². The summed E-state index contributed by atoms with van der Waals surface area (Å²) in [5.41, 5.74) is 0. The maximum Gasteiger partial charge on any atom is 0.240 e. The van der Waals surface area contributed by atoms with Crippen molar-refractivity contribution in [2.24, 2.45) is 0 Å². The number of carbonyl (C=O) groups excluding carboxylic acids is 1. The largest absolute Gasteiger partial charge is 0.343 e. The van der Waals surface area contributed by atoms with E-state index in [1.807, 2.05) is 0 Å². The van der Waals surface area contributed by atoms with E-state index in [4.69, 9.17) is 0 Å². The third kappa shape index (κ3) is 4.71. The van der Waals surface area contributed by atoms with Crippen LogP contribution in [-0.2, 0) is 14.6 Å². The number of sulfone groups is 1. The Bertz CT molecular complexity index is 337. The van der Waals surface area contributed by atoms with Crippen LogP contribution in [0.15, 0.2) is 0 Å². The van der Waals surface area contributed by atoms with Crippen molar-refractivity contribution in [2.75, 3.05) is 43.7 Å². The smallest absolute Gasteiger partial charge is 0.240 e. The molecule has 16 heavy (non-hydrogen) atoms. The molecule has 5 nitrogen and oxygen atoms in total. The number of thioether (sulfide) groups is 1. The van der Waals surface area contributed by atoms with E-state index in [0.29, 0.717) is 0 Å². The number of amides is 1. The van der Waals surface area contributed by atoms with Crippen LogP contribution in [0.1, 0.15) is 0 Å². The zero-order valence-corrected chi connectivity index (χ0v) is 11.2. The summed E-state index contributed by atoms with van der Waals surface area (Å²) in [6.45, 7) is 1.10. The summed E-state index contributed by atoms with van der Waals surface area (Å²) < 4.78 is 22.0. The van der Waals surface area contributed by atoms with Gasteiger partial charge < -0.3 is 10.2 Å². The molecule has 1 aliphatic rings. The predicted octanol–water partition coefficient (Wildman–Crippen LogP) is -0.806. The van der Waals surface area contributed by atoms with Crippen LogP contribution in [0.25, 0.3) is 0 Å². The third-order valence-electron chi connectivity index (χ3n) is 2.39. The molecule has 0 aromatic rings. The molecular weight excluding hydrogens is 248 g/mol. The first-order chi connectivity index (χ1) is 7.40. The molecular formula is C9H18N2O3S2. The molecule has 0 aromatic carbocycles. The van der Waals surface area contributed by atoms with Gasteiger partial charge in [0.05, 0.1) is 11.8 Å². The minimum atomic E-state index is -3.00. The highest BCUT2D eigenvalue weighted by atomic mass is 32.2. The molecule has 0 radical (unpaired) electrons. The van der Waals surface area contributed by atoms with Crippen molar-refractivity contribution < 1.29 is 13.2 Å². The van der Waals surface area contributed by atoms with Gasteiger partial charge in [-0.25, -0.2) is 8.42 Å². The SMILES string of the molecule is CN(CCS(C)(=O)=O)C(=O)C1CSCCN1. The molecule has 0 bridgehead atoms. The van der Waals surface area contributed by atoms with Crippen LogP contribution in [0.4, 0.5) is 0 Å². The Balaban J connectivity index is 2.40. The fraction of sp³-hybridized carbons (Fsp3) is 0.889. The first kappa shape index (κ1) is 13.8. The summed E-state index contributed by atoms with van der Waals surface area (Å²) in [7, 11) is -1.36. The molecule has 0 saturated carbocycles. The Labute approximate surface area is 101 Å². The quantitative estimate of drug-likeness (QED) is 0.721. The second-order valence-corrected chi connectivity index (χ2v) is 7.38. The van der Waals surface area contributed by atoms with Crippen LogP contribution in [-0.4, -0.2) is 68.9 Å². The third-order valence-corrected chi connectivity index (χ3v) is 4.38. The molecule has 0 spiro atoms. The first-order valence-corrected chi connectivity index (χ1v) is 8.35. The van der Waals surface area contributed by atoms with Crippen molar-refractivity contribution in [2.45, 2.75) is 6.04 Å². The number of likely N-dealkylation sites (N-methyl/N-ethyl adjacent to an activating group) is 1. The molecule has 1 rings (SSSR count). The van der Waals surface area contributed by atoms with Gasteiger partial charge in [-0.2, -0.15) is 11.8 Å². The molecule has 0 aliphatic carbocycles. The number of hydrogen-bond donors (Lipinski definition) is 1. The van der Waals surface area contributed by atoms with E-state index in [2.05, 4.69) is 5.32 Å². The molecule has 1 aliphatic heterocycles. The zero-order chi connectivity index (χ0) is 12.2. The fourth-order valence-electron chi connectivity index (χ4n) is 1.40. The second kappa shape index (κ2) is 5.88. The Morgan fingerprint density at radius 1 is 1.56 bits per heavy atom. The van der Waals surface area contributed by atoms with E-state index in [0.717, 1.165) is 18.1 Å². The van der Waals surface area contributed by atoms with Gasteiger partial charge in [-0.05, 0) is 0 Å². The van der Waals surface area contributed by atoms with Crippen molar-refractivity contribution >= 4 is 27.5 Å². The molecule has 1 N–H and O–H groups in total. The molecule has 1 fully saturated rings. The van der Waals surface area contributed by atoms with Crippen LogP contribution in [0.5, 0.6) is 0 Å². The van der Waals surface area contributed by atoms with E-state index in [-0.39, 0.29) is 24.2 Å². The van der Waals surface area contributed by atoms with Crippen molar-refractivity contribution in [3.8, 4) is 0 Å². The van der Waals surface area contributed by atoms with Crippen LogP contribution in [0.2, 0.25) is 0 Å². The highest BCUT2D eigenvalue weighted by Crippen LogP contribution is 2.09. The van der Waals surface area contributed by atoms with Gasteiger partial charge in [-0.15, -0.1) is 0 Å². The molecule has 94 valence electrons. The highest BCUT2D eigenvalue weighted by Gasteiger charge is 2.24.